The molecule has 1 heterocycles. The van der Waals surface area contributed by atoms with Crippen LogP contribution in [0.15, 0.2) is 48.7 Å². The number of H-pyrrole nitrogens is 1. The number of hydrogen-bond donors (Lipinski definition) is 4. The minimum Gasteiger partial charge on any atom is -0.482 e. The van der Waals surface area contributed by atoms with Gasteiger partial charge in [-0.15, -0.1) is 0 Å². The van der Waals surface area contributed by atoms with Gasteiger partial charge in [0.05, 0.1) is 6.10 Å². The van der Waals surface area contributed by atoms with Gasteiger partial charge in [-0.1, -0.05) is 23.7 Å². The SMILES string of the molecule is O=C(O)COc1ccc2c(CCCNCC(O)c3cccc(Cl)c3)c[nH]c2c1.[Na]. The molecule has 0 saturated carbocycles. The van der Waals surface area contributed by atoms with Gasteiger partial charge in [-0.2, -0.15) is 0 Å². The smallest absolute Gasteiger partial charge is 0.341 e. The molecule has 1 radical (unpaired) electrons. The number of ether oxygens (including phenoxy) is 1. The van der Waals surface area contributed by atoms with Crippen LogP contribution in [0.4, 0.5) is 0 Å². The predicted octanol–water partition coefficient (Wildman–Crippen LogP) is 3.16. The van der Waals surface area contributed by atoms with Crippen molar-refractivity contribution in [2.24, 2.45) is 0 Å². The summed E-state index contributed by atoms with van der Waals surface area (Å²) >= 11 is 5.95. The number of aromatic amines is 1. The van der Waals surface area contributed by atoms with Crippen molar-refractivity contribution in [2.45, 2.75) is 18.9 Å². The second-order valence-corrected chi connectivity index (χ2v) is 7.02. The van der Waals surface area contributed by atoms with E-state index in [-0.39, 0.29) is 36.2 Å². The Morgan fingerprint density at radius 3 is 2.83 bits per heavy atom. The van der Waals surface area contributed by atoms with Gasteiger partial charge < -0.3 is 25.3 Å². The van der Waals surface area contributed by atoms with E-state index < -0.39 is 12.1 Å². The molecular formula is C21H23ClN2NaO4. The zero-order valence-electron chi connectivity index (χ0n) is 16.3. The Morgan fingerprint density at radius 2 is 2.07 bits per heavy atom. The number of aryl methyl sites for hydroxylation is 1. The van der Waals surface area contributed by atoms with E-state index in [0.717, 1.165) is 35.9 Å². The molecule has 1 atom stereocenters. The molecule has 0 aliphatic rings. The maximum atomic E-state index is 10.6. The fraction of sp³-hybridized carbons (Fsp3) is 0.286. The van der Waals surface area contributed by atoms with Gasteiger partial charge >= 0.3 is 5.97 Å². The zero-order valence-corrected chi connectivity index (χ0v) is 19.1. The summed E-state index contributed by atoms with van der Waals surface area (Å²) < 4.78 is 5.20. The van der Waals surface area contributed by atoms with Crippen molar-refractivity contribution in [3.8, 4) is 5.75 Å². The van der Waals surface area contributed by atoms with Crippen molar-refractivity contribution in [1.82, 2.24) is 10.3 Å². The number of hydrogen-bond acceptors (Lipinski definition) is 4. The van der Waals surface area contributed by atoms with Crippen LogP contribution >= 0.6 is 11.6 Å². The van der Waals surface area contributed by atoms with Crippen LogP contribution < -0.4 is 10.1 Å². The average Bonchev–Trinajstić information content (AvgIpc) is 3.08. The molecule has 2 aromatic carbocycles. The van der Waals surface area contributed by atoms with Crippen LogP contribution in [0.2, 0.25) is 5.02 Å². The molecule has 6 nitrogen and oxygen atoms in total. The fourth-order valence-corrected chi connectivity index (χ4v) is 3.28. The van der Waals surface area contributed by atoms with Gasteiger partial charge in [0.1, 0.15) is 5.75 Å². The number of carboxylic acids is 1. The molecule has 29 heavy (non-hydrogen) atoms. The molecule has 0 fully saturated rings. The quantitative estimate of drug-likeness (QED) is 0.296. The summed E-state index contributed by atoms with van der Waals surface area (Å²) in [4.78, 5) is 13.8. The van der Waals surface area contributed by atoms with Crippen molar-refractivity contribution in [1.29, 1.82) is 0 Å². The van der Waals surface area contributed by atoms with E-state index in [1.54, 1.807) is 24.3 Å². The van der Waals surface area contributed by atoms with Crippen molar-refractivity contribution in [2.75, 3.05) is 19.7 Å². The Hall–Kier alpha value is -1.54. The molecule has 8 heteroatoms. The molecule has 4 N–H and O–H groups in total. The molecule has 0 aliphatic carbocycles. The van der Waals surface area contributed by atoms with Crippen LogP contribution in [0.1, 0.15) is 23.7 Å². The number of halogens is 1. The summed E-state index contributed by atoms with van der Waals surface area (Å²) in [7, 11) is 0. The third kappa shape index (κ3) is 7.03. The van der Waals surface area contributed by atoms with Crippen molar-refractivity contribution >= 4 is 58.0 Å². The van der Waals surface area contributed by atoms with Crippen LogP contribution in [0.25, 0.3) is 10.9 Å². The number of aromatic nitrogens is 1. The van der Waals surface area contributed by atoms with Crippen molar-refractivity contribution < 1.29 is 19.7 Å². The van der Waals surface area contributed by atoms with Crippen molar-refractivity contribution in [3.05, 3.63) is 64.8 Å². The Labute approximate surface area is 196 Å². The van der Waals surface area contributed by atoms with Crippen LogP contribution in [0.5, 0.6) is 5.75 Å². The van der Waals surface area contributed by atoms with Gasteiger partial charge in [0.25, 0.3) is 0 Å². The van der Waals surface area contributed by atoms with Gasteiger partial charge in [0.15, 0.2) is 6.61 Å². The molecule has 3 aromatic rings. The van der Waals surface area contributed by atoms with Crippen LogP contribution in [-0.2, 0) is 11.2 Å². The molecule has 1 unspecified atom stereocenters. The Morgan fingerprint density at radius 1 is 1.24 bits per heavy atom. The van der Waals surface area contributed by atoms with Gasteiger partial charge in [0.2, 0.25) is 0 Å². The molecule has 0 bridgehead atoms. The van der Waals surface area contributed by atoms with Gasteiger partial charge in [-0.05, 0) is 54.8 Å². The minimum absolute atomic E-state index is 0. The molecule has 1 aromatic heterocycles. The van der Waals surface area contributed by atoms with E-state index in [9.17, 15) is 9.90 Å². The zero-order chi connectivity index (χ0) is 19.9. The van der Waals surface area contributed by atoms with E-state index in [1.165, 1.54) is 5.56 Å². The standard InChI is InChI=1S/C21H23ClN2O4.Na/c22-16-5-1-3-14(9-16)20(25)12-23-8-2-4-15-11-24-19-10-17(6-7-18(15)19)28-13-21(26)27;/h1,3,5-7,9-11,20,23-25H,2,4,8,12-13H2,(H,26,27);. The van der Waals surface area contributed by atoms with Crippen LogP contribution in [0.3, 0.4) is 0 Å². The van der Waals surface area contributed by atoms with Crippen molar-refractivity contribution in [3.63, 3.8) is 0 Å². The second-order valence-electron chi connectivity index (χ2n) is 6.58. The number of nitrogens with one attached hydrogen (secondary N) is 2. The number of fused-ring (bicyclic) bond motifs is 1. The maximum Gasteiger partial charge on any atom is 0.341 e. The Kier molecular flexibility index (Phi) is 9.49. The molecule has 149 valence electrons. The van der Waals surface area contributed by atoms with E-state index in [1.807, 2.05) is 24.4 Å². The largest absolute Gasteiger partial charge is 0.482 e. The maximum absolute atomic E-state index is 10.6. The topological polar surface area (TPSA) is 94.6 Å². The monoisotopic (exact) mass is 425 g/mol. The number of carbonyl (C=O) groups is 1. The van der Waals surface area contributed by atoms with E-state index in [0.29, 0.717) is 17.3 Å². The van der Waals surface area contributed by atoms with Gasteiger partial charge in [0, 0.05) is 64.3 Å². The normalized spacial score (nSPS) is 11.8. The third-order valence-corrected chi connectivity index (χ3v) is 4.71. The van der Waals surface area contributed by atoms with E-state index in [2.05, 4.69) is 10.3 Å². The summed E-state index contributed by atoms with van der Waals surface area (Å²) in [5.41, 5.74) is 2.91. The molecular weight excluding hydrogens is 403 g/mol. The van der Waals surface area contributed by atoms with E-state index >= 15 is 0 Å². The number of rotatable bonds is 10. The second kappa shape index (κ2) is 11.6. The molecule has 0 amide bonds. The Balaban J connectivity index is 0.00000300. The predicted molar refractivity (Wildman–Crippen MR) is 115 cm³/mol. The summed E-state index contributed by atoms with van der Waals surface area (Å²) in [5.74, 6) is -0.472. The van der Waals surface area contributed by atoms with Gasteiger partial charge in [-0.3, -0.25) is 0 Å². The van der Waals surface area contributed by atoms with Crippen LogP contribution in [0, 0.1) is 0 Å². The number of aliphatic carboxylic acids is 1. The fourth-order valence-electron chi connectivity index (χ4n) is 3.08. The number of carboxylic acid groups (broad SMARTS) is 1. The first-order chi connectivity index (χ1) is 13.5. The molecule has 3 rings (SSSR count). The third-order valence-electron chi connectivity index (χ3n) is 4.47. The summed E-state index contributed by atoms with van der Waals surface area (Å²) in [6.45, 7) is 0.897. The summed E-state index contributed by atoms with van der Waals surface area (Å²) in [6, 6.07) is 12.8. The first-order valence-electron chi connectivity index (χ1n) is 9.12. The summed E-state index contributed by atoms with van der Waals surface area (Å²) in [5, 5.41) is 23.9. The number of benzene rings is 2. The Bertz CT molecular complexity index is 947. The van der Waals surface area contributed by atoms with Gasteiger partial charge in [-0.25, -0.2) is 4.79 Å². The number of aliphatic hydroxyl groups excluding tert-OH is 1. The minimum atomic E-state index is -1.000. The van der Waals surface area contributed by atoms with Crippen LogP contribution in [-0.4, -0.2) is 70.4 Å². The average molecular weight is 426 g/mol. The first kappa shape index (κ1) is 23.7. The van der Waals surface area contributed by atoms with E-state index in [4.69, 9.17) is 21.4 Å². The summed E-state index contributed by atoms with van der Waals surface area (Å²) in [6.07, 6.45) is 3.19. The first-order valence-corrected chi connectivity index (χ1v) is 9.49. The molecule has 0 saturated heterocycles. The number of aliphatic hydroxyl groups is 1. The molecule has 0 spiro atoms. The molecule has 0 aliphatic heterocycles.